The van der Waals surface area contributed by atoms with Crippen LogP contribution in [0.15, 0.2) is 24.3 Å². The van der Waals surface area contributed by atoms with Crippen LogP contribution in [-0.2, 0) is 4.79 Å². The van der Waals surface area contributed by atoms with E-state index in [0.717, 1.165) is 18.4 Å². The Morgan fingerprint density at radius 3 is 2.04 bits per heavy atom. The van der Waals surface area contributed by atoms with Crippen LogP contribution in [0.5, 0.6) is 5.75 Å². The quantitative estimate of drug-likeness (QED) is 0.382. The number of aliphatic carboxylic acids is 1. The molecule has 24 heavy (non-hydrogen) atoms. The zero-order chi connectivity index (χ0) is 17.5. The Bertz CT molecular complexity index is 412. The first-order valence-electron chi connectivity index (χ1n) is 8.38. The van der Waals surface area contributed by atoms with Crippen molar-refractivity contribution >= 4 is 5.97 Å². The number of phenolic OH excluding ortho intramolecular Hbond substituents is 1. The van der Waals surface area contributed by atoms with E-state index < -0.39 is 12.1 Å². The Hall–Kier alpha value is -0.590. The Kier molecular flexibility index (Phi) is 18.4. The Balaban J connectivity index is 0. The summed E-state index contributed by atoms with van der Waals surface area (Å²) in [7, 11) is 0. The van der Waals surface area contributed by atoms with Crippen molar-refractivity contribution in [2.75, 3.05) is 6.54 Å². The van der Waals surface area contributed by atoms with E-state index in [1.807, 2.05) is 0 Å². The van der Waals surface area contributed by atoms with Gasteiger partial charge in [0.05, 0.1) is 6.10 Å². The third kappa shape index (κ3) is 15.0. The van der Waals surface area contributed by atoms with Crippen LogP contribution < -0.4 is 40.4 Å². The van der Waals surface area contributed by atoms with Gasteiger partial charge in [-0.2, -0.15) is 0 Å². The SMILES string of the molecule is CCCCCCCCCC(=O)[O-].NCC(O)c1ccc(O)cc1.[Na+]. The van der Waals surface area contributed by atoms with Crippen molar-refractivity contribution in [3.05, 3.63) is 29.8 Å². The molecule has 0 aromatic heterocycles. The minimum Gasteiger partial charge on any atom is -0.550 e. The van der Waals surface area contributed by atoms with Gasteiger partial charge < -0.3 is 25.8 Å². The number of carbonyl (C=O) groups is 1. The first-order valence-corrected chi connectivity index (χ1v) is 8.38. The summed E-state index contributed by atoms with van der Waals surface area (Å²) in [6, 6.07) is 6.34. The van der Waals surface area contributed by atoms with E-state index in [0.29, 0.717) is 0 Å². The number of benzene rings is 1. The number of carboxylic acids is 1. The summed E-state index contributed by atoms with van der Waals surface area (Å²) in [6.45, 7) is 2.39. The van der Waals surface area contributed by atoms with Gasteiger partial charge in [0, 0.05) is 12.5 Å². The van der Waals surface area contributed by atoms with Gasteiger partial charge in [-0.15, -0.1) is 0 Å². The fraction of sp³-hybridized carbons (Fsp3) is 0.611. The van der Waals surface area contributed by atoms with E-state index in [2.05, 4.69) is 6.92 Å². The van der Waals surface area contributed by atoms with E-state index in [4.69, 9.17) is 10.8 Å². The Morgan fingerprint density at radius 2 is 1.58 bits per heavy atom. The molecular formula is C18H30NNaO4. The number of hydrogen-bond acceptors (Lipinski definition) is 5. The zero-order valence-electron chi connectivity index (χ0n) is 15.0. The Labute approximate surface area is 167 Å². The predicted molar refractivity (Wildman–Crippen MR) is 89.7 cm³/mol. The maximum Gasteiger partial charge on any atom is 1.00 e. The summed E-state index contributed by atoms with van der Waals surface area (Å²) in [5.74, 6) is -0.721. The minimum absolute atomic E-state index is 0. The number of nitrogens with two attached hydrogens (primary N) is 1. The standard InChI is InChI=1S/C10H20O2.C8H11NO2.Na/c1-2-3-4-5-6-7-8-9-10(11)12;9-5-8(11)6-1-3-7(10)4-2-6;/h2-9H2,1H3,(H,11,12);1-4,8,10-11H,5,9H2;/q;;+1/p-1. The number of aliphatic hydroxyl groups excluding tert-OH is 1. The third-order valence-corrected chi connectivity index (χ3v) is 3.49. The van der Waals surface area contributed by atoms with E-state index in [1.54, 1.807) is 12.1 Å². The number of unbranched alkanes of at least 4 members (excludes halogenated alkanes) is 6. The topological polar surface area (TPSA) is 107 Å². The molecule has 132 valence electrons. The van der Waals surface area contributed by atoms with E-state index >= 15 is 0 Å². The molecule has 0 saturated carbocycles. The van der Waals surface area contributed by atoms with Crippen LogP contribution in [0.25, 0.3) is 0 Å². The molecule has 6 heteroatoms. The molecule has 0 aliphatic heterocycles. The molecule has 0 saturated heterocycles. The number of aliphatic hydroxyl groups is 1. The average molecular weight is 347 g/mol. The van der Waals surface area contributed by atoms with E-state index in [-0.39, 0.29) is 48.3 Å². The number of carbonyl (C=O) groups excluding carboxylic acids is 1. The van der Waals surface area contributed by atoms with Gasteiger partial charge in [-0.05, 0) is 30.5 Å². The van der Waals surface area contributed by atoms with Crippen LogP contribution in [0.2, 0.25) is 0 Å². The van der Waals surface area contributed by atoms with Crippen molar-refractivity contribution in [1.82, 2.24) is 0 Å². The Morgan fingerprint density at radius 1 is 1.08 bits per heavy atom. The van der Waals surface area contributed by atoms with Gasteiger partial charge >= 0.3 is 29.6 Å². The number of aromatic hydroxyl groups is 1. The fourth-order valence-electron chi connectivity index (χ4n) is 2.06. The molecule has 0 heterocycles. The van der Waals surface area contributed by atoms with Gasteiger partial charge in [0.1, 0.15) is 5.75 Å². The minimum atomic E-state index is -0.913. The molecule has 4 N–H and O–H groups in total. The second-order valence-electron chi connectivity index (χ2n) is 5.59. The summed E-state index contributed by atoms with van der Waals surface area (Å²) in [5, 5.41) is 28.1. The molecule has 1 aromatic carbocycles. The van der Waals surface area contributed by atoms with Crippen molar-refractivity contribution in [2.24, 2.45) is 5.73 Å². The smallest absolute Gasteiger partial charge is 0.550 e. The molecule has 0 amide bonds. The van der Waals surface area contributed by atoms with Crippen molar-refractivity contribution in [3.8, 4) is 5.75 Å². The van der Waals surface area contributed by atoms with Crippen LogP contribution >= 0.6 is 0 Å². The second kappa shape index (κ2) is 17.2. The van der Waals surface area contributed by atoms with Gasteiger partial charge in [0.15, 0.2) is 0 Å². The number of rotatable bonds is 10. The summed E-state index contributed by atoms with van der Waals surface area (Å²) in [5.41, 5.74) is 5.96. The molecule has 0 radical (unpaired) electrons. The molecule has 0 aliphatic rings. The monoisotopic (exact) mass is 347 g/mol. The molecule has 0 fully saturated rings. The van der Waals surface area contributed by atoms with Crippen molar-refractivity contribution in [1.29, 1.82) is 0 Å². The van der Waals surface area contributed by atoms with Crippen molar-refractivity contribution in [3.63, 3.8) is 0 Å². The summed E-state index contributed by atoms with van der Waals surface area (Å²) < 4.78 is 0. The van der Waals surface area contributed by atoms with Crippen molar-refractivity contribution < 1.29 is 49.7 Å². The second-order valence-corrected chi connectivity index (χ2v) is 5.59. The molecule has 1 unspecified atom stereocenters. The predicted octanol–water partition coefficient (Wildman–Crippen LogP) is -0.735. The van der Waals surface area contributed by atoms with Crippen LogP contribution in [-0.4, -0.2) is 22.7 Å². The number of hydrogen-bond donors (Lipinski definition) is 3. The average Bonchev–Trinajstić information content (AvgIpc) is 2.54. The van der Waals surface area contributed by atoms with Crippen LogP contribution in [0, 0.1) is 0 Å². The fourth-order valence-corrected chi connectivity index (χ4v) is 2.06. The van der Waals surface area contributed by atoms with Gasteiger partial charge in [0.2, 0.25) is 0 Å². The number of phenols is 1. The molecule has 1 rings (SSSR count). The van der Waals surface area contributed by atoms with Crippen LogP contribution in [0.3, 0.4) is 0 Å². The van der Waals surface area contributed by atoms with Crippen LogP contribution in [0.1, 0.15) is 70.0 Å². The van der Waals surface area contributed by atoms with Gasteiger partial charge in [0.25, 0.3) is 0 Å². The van der Waals surface area contributed by atoms with Gasteiger partial charge in [-0.3, -0.25) is 0 Å². The zero-order valence-corrected chi connectivity index (χ0v) is 17.0. The van der Waals surface area contributed by atoms with Crippen molar-refractivity contribution in [2.45, 2.75) is 64.4 Å². The molecular weight excluding hydrogens is 317 g/mol. The molecule has 0 spiro atoms. The van der Waals surface area contributed by atoms with E-state index in [1.165, 1.54) is 44.2 Å². The third-order valence-electron chi connectivity index (χ3n) is 3.49. The maximum atomic E-state index is 10.0. The van der Waals surface area contributed by atoms with Gasteiger partial charge in [-0.25, -0.2) is 0 Å². The molecule has 0 aliphatic carbocycles. The molecule has 1 aromatic rings. The molecule has 5 nitrogen and oxygen atoms in total. The van der Waals surface area contributed by atoms with E-state index in [9.17, 15) is 15.0 Å². The first-order chi connectivity index (χ1) is 11.0. The van der Waals surface area contributed by atoms with Gasteiger partial charge in [-0.1, -0.05) is 57.6 Å². The summed E-state index contributed by atoms with van der Waals surface area (Å²) in [4.78, 5) is 10.0. The van der Waals surface area contributed by atoms with Crippen LogP contribution in [0.4, 0.5) is 0 Å². The first kappa shape index (κ1) is 25.6. The number of carboxylic acid groups (broad SMARTS) is 1. The normalized spacial score (nSPS) is 11.0. The summed E-state index contributed by atoms with van der Waals surface area (Å²) >= 11 is 0. The summed E-state index contributed by atoms with van der Waals surface area (Å²) in [6.07, 6.45) is 7.71. The largest absolute Gasteiger partial charge is 1.00 e. The maximum absolute atomic E-state index is 10.0. The molecule has 1 atom stereocenters. The molecule has 0 bridgehead atoms.